The van der Waals surface area contributed by atoms with Gasteiger partial charge in [-0.1, -0.05) is 41.5 Å². The van der Waals surface area contributed by atoms with Crippen molar-refractivity contribution >= 4 is 18.0 Å². The molecule has 7 nitrogen and oxygen atoms in total. The Morgan fingerprint density at radius 3 is 1.86 bits per heavy atom. The largest absolute Gasteiger partial charge is 0.464 e. The van der Waals surface area contributed by atoms with Crippen LogP contribution in [0.3, 0.4) is 0 Å². The maximum Gasteiger partial charge on any atom is 0.410 e. The number of amides is 2. The molecule has 0 bridgehead atoms. The summed E-state index contributed by atoms with van der Waals surface area (Å²) in [6, 6.07) is -1.11. The van der Waals surface area contributed by atoms with E-state index in [1.807, 2.05) is 41.5 Å². The number of ether oxygens (including phenoxy) is 2. The highest BCUT2D eigenvalue weighted by Crippen LogP contribution is 2.27. The summed E-state index contributed by atoms with van der Waals surface area (Å²) in [5.41, 5.74) is -0.256. The van der Waals surface area contributed by atoms with E-state index in [2.05, 4.69) is 0 Å². The molecule has 2 amide bonds. The van der Waals surface area contributed by atoms with Crippen molar-refractivity contribution in [1.29, 1.82) is 0 Å². The fourth-order valence-electron chi connectivity index (χ4n) is 3.45. The number of carbonyl (C=O) groups is 3. The minimum atomic E-state index is -0.553. The highest BCUT2D eigenvalue weighted by atomic mass is 16.6. The van der Waals surface area contributed by atoms with Gasteiger partial charge in [0.1, 0.15) is 12.1 Å². The van der Waals surface area contributed by atoms with Gasteiger partial charge in [0.25, 0.3) is 0 Å². The second kappa shape index (κ2) is 8.70. The quantitative estimate of drug-likeness (QED) is 0.682. The monoisotopic (exact) mass is 396 g/mol. The van der Waals surface area contributed by atoms with E-state index in [0.717, 1.165) is 12.8 Å². The molecular weight excluding hydrogens is 360 g/mol. The van der Waals surface area contributed by atoms with Crippen molar-refractivity contribution in [1.82, 2.24) is 9.80 Å². The van der Waals surface area contributed by atoms with Crippen LogP contribution >= 0.6 is 0 Å². The zero-order valence-corrected chi connectivity index (χ0v) is 18.2. The lowest BCUT2D eigenvalue weighted by Crippen LogP contribution is -2.51. The van der Waals surface area contributed by atoms with E-state index in [1.54, 1.807) is 4.90 Å². The first-order valence-corrected chi connectivity index (χ1v) is 10.3. The third kappa shape index (κ3) is 6.11. The topological polar surface area (TPSA) is 76.2 Å². The number of rotatable bonds is 4. The average Bonchev–Trinajstić information content (AvgIpc) is 3.24. The Bertz CT molecular complexity index is 541. The van der Waals surface area contributed by atoms with E-state index in [9.17, 15) is 14.4 Å². The number of hydrogen-bond donors (Lipinski definition) is 0. The van der Waals surface area contributed by atoms with Gasteiger partial charge < -0.3 is 14.4 Å². The number of carbonyl (C=O) groups excluding carboxylic acids is 3. The second-order valence-electron chi connectivity index (χ2n) is 10.3. The van der Waals surface area contributed by atoms with Crippen LogP contribution in [0.5, 0.6) is 0 Å². The summed E-state index contributed by atoms with van der Waals surface area (Å²) in [7, 11) is 0. The van der Waals surface area contributed by atoms with Crippen molar-refractivity contribution in [3.05, 3.63) is 0 Å². The molecule has 0 radical (unpaired) electrons. The third-order valence-electron chi connectivity index (χ3n) is 4.86. The second-order valence-corrected chi connectivity index (χ2v) is 10.3. The summed E-state index contributed by atoms with van der Waals surface area (Å²) in [6.07, 6.45) is 2.28. The smallest absolute Gasteiger partial charge is 0.410 e. The van der Waals surface area contributed by atoms with Gasteiger partial charge in [0.15, 0.2) is 0 Å². The fourth-order valence-corrected chi connectivity index (χ4v) is 3.45. The third-order valence-corrected chi connectivity index (χ3v) is 4.86. The van der Waals surface area contributed by atoms with Crippen LogP contribution in [0, 0.1) is 10.8 Å². The van der Waals surface area contributed by atoms with Gasteiger partial charge in [-0.15, -0.1) is 0 Å². The highest BCUT2D eigenvalue weighted by Gasteiger charge is 2.43. The minimum Gasteiger partial charge on any atom is -0.464 e. The molecule has 2 aliphatic heterocycles. The Labute approximate surface area is 168 Å². The van der Waals surface area contributed by atoms with Gasteiger partial charge >= 0.3 is 12.1 Å². The predicted octanol–water partition coefficient (Wildman–Crippen LogP) is 3.21. The van der Waals surface area contributed by atoms with Crippen molar-refractivity contribution in [3.8, 4) is 0 Å². The lowest BCUT2D eigenvalue weighted by molar-refractivity contribution is -0.156. The maximum absolute atomic E-state index is 13.1. The molecule has 160 valence electrons. The molecule has 0 saturated carbocycles. The molecule has 2 atom stereocenters. The Morgan fingerprint density at radius 1 is 0.786 bits per heavy atom. The zero-order valence-electron chi connectivity index (χ0n) is 18.2. The van der Waals surface area contributed by atoms with Crippen LogP contribution in [0.25, 0.3) is 0 Å². The molecule has 2 heterocycles. The van der Waals surface area contributed by atoms with E-state index in [1.165, 1.54) is 4.90 Å². The first-order valence-electron chi connectivity index (χ1n) is 10.3. The van der Waals surface area contributed by atoms with Crippen molar-refractivity contribution in [2.24, 2.45) is 10.8 Å². The molecule has 2 aliphatic rings. The van der Waals surface area contributed by atoms with Gasteiger partial charge in [-0.3, -0.25) is 9.69 Å². The molecule has 2 fully saturated rings. The predicted molar refractivity (Wildman–Crippen MR) is 106 cm³/mol. The van der Waals surface area contributed by atoms with Gasteiger partial charge in [0.05, 0.1) is 13.2 Å². The van der Waals surface area contributed by atoms with Gasteiger partial charge in [-0.25, -0.2) is 9.59 Å². The van der Waals surface area contributed by atoms with Gasteiger partial charge in [-0.2, -0.15) is 0 Å². The molecule has 28 heavy (non-hydrogen) atoms. The number of nitrogens with zero attached hydrogens (tertiary/aromatic N) is 2. The van der Waals surface area contributed by atoms with Crippen molar-refractivity contribution in [3.63, 3.8) is 0 Å². The molecule has 2 saturated heterocycles. The SMILES string of the molecule is CC(C)(C)COC(=O)C1CCCN1C(=O)C1CCCN1C(=O)OCC(C)(C)C. The van der Waals surface area contributed by atoms with E-state index < -0.39 is 18.2 Å². The van der Waals surface area contributed by atoms with Crippen LogP contribution in [-0.4, -0.2) is 66.2 Å². The summed E-state index contributed by atoms with van der Waals surface area (Å²) in [4.78, 5) is 41.3. The van der Waals surface area contributed by atoms with Gasteiger partial charge in [0, 0.05) is 13.1 Å². The standard InChI is InChI=1S/C21H36N2O5/c1-20(2,3)13-27-18(25)16-10-8-11-22(16)17(24)15-9-7-12-23(15)19(26)28-14-21(4,5)6/h15-16H,7-14H2,1-6H3. The average molecular weight is 397 g/mol. The minimum absolute atomic E-state index is 0.123. The Hall–Kier alpha value is -1.79. The molecule has 0 aromatic heterocycles. The zero-order chi connectivity index (χ0) is 21.1. The van der Waals surface area contributed by atoms with Gasteiger partial charge in [0.2, 0.25) is 5.91 Å². The van der Waals surface area contributed by atoms with Crippen molar-refractivity contribution in [2.45, 2.75) is 79.3 Å². The Morgan fingerprint density at radius 2 is 1.29 bits per heavy atom. The Balaban J connectivity index is 2.00. The molecular formula is C21H36N2O5. The van der Waals surface area contributed by atoms with Crippen LogP contribution in [0.2, 0.25) is 0 Å². The lowest BCUT2D eigenvalue weighted by Gasteiger charge is -2.31. The van der Waals surface area contributed by atoms with Crippen molar-refractivity contribution < 1.29 is 23.9 Å². The van der Waals surface area contributed by atoms with E-state index in [0.29, 0.717) is 39.1 Å². The van der Waals surface area contributed by atoms with E-state index >= 15 is 0 Å². The van der Waals surface area contributed by atoms with Crippen LogP contribution in [-0.2, 0) is 19.1 Å². The first-order chi connectivity index (χ1) is 12.9. The van der Waals surface area contributed by atoms with Gasteiger partial charge in [-0.05, 0) is 36.5 Å². The van der Waals surface area contributed by atoms with Crippen LogP contribution in [0.1, 0.15) is 67.2 Å². The summed E-state index contributed by atoms with van der Waals surface area (Å²) < 4.78 is 10.9. The Kier molecular flexibility index (Phi) is 6.99. The molecule has 2 rings (SSSR count). The molecule has 0 aliphatic carbocycles. The molecule has 0 N–H and O–H groups in total. The summed E-state index contributed by atoms with van der Waals surface area (Å²) >= 11 is 0. The van der Waals surface area contributed by atoms with Crippen LogP contribution in [0.4, 0.5) is 4.79 Å². The normalized spacial score (nSPS) is 23.1. The number of esters is 1. The highest BCUT2D eigenvalue weighted by molar-refractivity contribution is 5.90. The molecule has 7 heteroatoms. The van der Waals surface area contributed by atoms with E-state index in [-0.39, 0.29) is 22.7 Å². The summed E-state index contributed by atoms with van der Waals surface area (Å²) in [6.45, 7) is 13.6. The molecule has 0 spiro atoms. The lowest BCUT2D eigenvalue weighted by atomic mass is 9.99. The molecule has 2 unspecified atom stereocenters. The maximum atomic E-state index is 13.1. The van der Waals surface area contributed by atoms with Crippen LogP contribution in [0.15, 0.2) is 0 Å². The van der Waals surface area contributed by atoms with Crippen LogP contribution < -0.4 is 0 Å². The molecule has 0 aromatic carbocycles. The van der Waals surface area contributed by atoms with Crippen molar-refractivity contribution in [2.75, 3.05) is 26.3 Å². The van der Waals surface area contributed by atoms with E-state index in [4.69, 9.17) is 9.47 Å². The summed E-state index contributed by atoms with van der Waals surface area (Å²) in [5, 5.41) is 0. The number of hydrogen-bond acceptors (Lipinski definition) is 5. The fraction of sp³-hybridized carbons (Fsp3) is 0.857. The molecule has 0 aromatic rings. The summed E-state index contributed by atoms with van der Waals surface area (Å²) in [5.74, 6) is -0.513. The first kappa shape index (κ1) is 22.5. The number of likely N-dealkylation sites (tertiary alicyclic amines) is 2.